The Morgan fingerprint density at radius 2 is 1.69 bits per heavy atom. The second-order valence-electron chi connectivity index (χ2n) is 8.27. The molecule has 3 aromatic carbocycles. The molecular weight excluding hydrogens is 438 g/mol. The Hall–Kier alpha value is -4.59. The molecule has 174 valence electrons. The predicted octanol–water partition coefficient (Wildman–Crippen LogP) is 3.69. The van der Waals surface area contributed by atoms with E-state index < -0.39 is 6.04 Å². The van der Waals surface area contributed by atoms with Gasteiger partial charge < -0.3 is 5.32 Å². The summed E-state index contributed by atoms with van der Waals surface area (Å²) < 4.78 is 3.40. The molecule has 0 saturated heterocycles. The molecule has 0 spiro atoms. The first kappa shape index (κ1) is 22.2. The van der Waals surface area contributed by atoms with Crippen molar-refractivity contribution >= 4 is 5.91 Å². The standard InChI is InChI=1S/C27H25N7O/c35-27(26(34-20-29-31-32-34)17-21-7-2-1-3-8-21)28-18-24-9-4-5-10-25(24)23-13-11-22(12-14-23)19-33-16-6-15-30-33/h1-16,20,26H,17-19H2,(H,28,35). The van der Waals surface area contributed by atoms with Gasteiger partial charge in [-0.25, -0.2) is 4.68 Å². The van der Waals surface area contributed by atoms with Crippen molar-refractivity contribution in [3.05, 3.63) is 120 Å². The molecule has 0 fully saturated rings. The first-order valence-corrected chi connectivity index (χ1v) is 11.4. The Labute approximate surface area is 203 Å². The molecular formula is C27H25N7O. The Balaban J connectivity index is 1.30. The second-order valence-corrected chi connectivity index (χ2v) is 8.27. The zero-order chi connectivity index (χ0) is 23.9. The van der Waals surface area contributed by atoms with Crippen molar-refractivity contribution in [2.75, 3.05) is 0 Å². The number of amides is 1. The minimum absolute atomic E-state index is 0.134. The van der Waals surface area contributed by atoms with E-state index in [9.17, 15) is 4.79 Å². The highest BCUT2D eigenvalue weighted by atomic mass is 16.2. The van der Waals surface area contributed by atoms with Gasteiger partial charge in [0.1, 0.15) is 12.4 Å². The lowest BCUT2D eigenvalue weighted by atomic mass is 9.98. The fraction of sp³-hybridized carbons (Fsp3) is 0.148. The van der Waals surface area contributed by atoms with E-state index in [1.807, 2.05) is 65.5 Å². The number of nitrogens with one attached hydrogen (secondary N) is 1. The molecule has 1 atom stereocenters. The molecule has 0 saturated carbocycles. The summed E-state index contributed by atoms with van der Waals surface area (Å²) in [5, 5.41) is 18.8. The predicted molar refractivity (Wildman–Crippen MR) is 132 cm³/mol. The molecule has 1 unspecified atom stereocenters. The number of hydrogen-bond acceptors (Lipinski definition) is 5. The van der Waals surface area contributed by atoms with E-state index in [-0.39, 0.29) is 5.91 Å². The first-order valence-electron chi connectivity index (χ1n) is 11.4. The minimum atomic E-state index is -0.541. The van der Waals surface area contributed by atoms with Crippen LogP contribution < -0.4 is 5.32 Å². The molecule has 35 heavy (non-hydrogen) atoms. The van der Waals surface area contributed by atoms with Crippen molar-refractivity contribution in [3.63, 3.8) is 0 Å². The fourth-order valence-corrected chi connectivity index (χ4v) is 4.08. The molecule has 8 heteroatoms. The molecule has 0 aliphatic rings. The Kier molecular flexibility index (Phi) is 6.70. The summed E-state index contributed by atoms with van der Waals surface area (Å²) in [6.45, 7) is 1.13. The van der Waals surface area contributed by atoms with Crippen molar-refractivity contribution in [2.24, 2.45) is 0 Å². The number of benzene rings is 3. The molecule has 0 radical (unpaired) electrons. The molecule has 1 amide bonds. The molecule has 2 aromatic heterocycles. The Morgan fingerprint density at radius 1 is 0.886 bits per heavy atom. The Bertz CT molecular complexity index is 1350. The van der Waals surface area contributed by atoms with Crippen LogP contribution in [0.3, 0.4) is 0 Å². The minimum Gasteiger partial charge on any atom is -0.350 e. The monoisotopic (exact) mass is 463 g/mol. The van der Waals surface area contributed by atoms with Crippen molar-refractivity contribution < 1.29 is 4.79 Å². The van der Waals surface area contributed by atoms with Gasteiger partial charge in [0, 0.05) is 25.4 Å². The van der Waals surface area contributed by atoms with Crippen LogP contribution in [0.2, 0.25) is 0 Å². The van der Waals surface area contributed by atoms with Crippen LogP contribution in [0.25, 0.3) is 11.1 Å². The third-order valence-electron chi connectivity index (χ3n) is 5.90. The van der Waals surface area contributed by atoms with Crippen LogP contribution in [-0.2, 0) is 24.3 Å². The highest BCUT2D eigenvalue weighted by Gasteiger charge is 2.22. The molecule has 2 heterocycles. The van der Waals surface area contributed by atoms with Crippen molar-refractivity contribution in [2.45, 2.75) is 25.6 Å². The maximum Gasteiger partial charge on any atom is 0.245 e. The molecule has 5 aromatic rings. The second kappa shape index (κ2) is 10.6. The normalized spacial score (nSPS) is 11.8. The lowest BCUT2D eigenvalue weighted by Crippen LogP contribution is -2.34. The summed E-state index contributed by atoms with van der Waals surface area (Å²) in [7, 11) is 0. The van der Waals surface area contributed by atoms with E-state index in [0.717, 1.165) is 28.8 Å². The van der Waals surface area contributed by atoms with Gasteiger partial charge in [0.15, 0.2) is 0 Å². The summed E-state index contributed by atoms with van der Waals surface area (Å²) in [4.78, 5) is 13.2. The van der Waals surface area contributed by atoms with Crippen LogP contribution in [-0.4, -0.2) is 35.9 Å². The van der Waals surface area contributed by atoms with Gasteiger partial charge in [-0.2, -0.15) is 5.10 Å². The number of aromatic nitrogens is 6. The average molecular weight is 464 g/mol. The lowest BCUT2D eigenvalue weighted by Gasteiger charge is -2.17. The van der Waals surface area contributed by atoms with Crippen LogP contribution in [0.4, 0.5) is 0 Å². The van der Waals surface area contributed by atoms with E-state index in [1.165, 1.54) is 16.6 Å². The third kappa shape index (κ3) is 5.50. The first-order chi connectivity index (χ1) is 17.3. The summed E-state index contributed by atoms with van der Waals surface area (Å²) in [6, 6.07) is 27.8. The summed E-state index contributed by atoms with van der Waals surface area (Å²) in [6.07, 6.45) is 5.71. The largest absolute Gasteiger partial charge is 0.350 e. The van der Waals surface area contributed by atoms with E-state index >= 15 is 0 Å². The highest BCUT2D eigenvalue weighted by molar-refractivity contribution is 5.81. The molecule has 5 rings (SSSR count). The molecule has 8 nitrogen and oxygen atoms in total. The maximum atomic E-state index is 13.2. The SMILES string of the molecule is O=C(NCc1ccccc1-c1ccc(Cn2cccn2)cc1)C(Cc1ccccc1)n1cnnn1. The maximum absolute atomic E-state index is 13.2. The molecule has 1 N–H and O–H groups in total. The average Bonchev–Trinajstić information content (AvgIpc) is 3.62. The lowest BCUT2D eigenvalue weighted by molar-refractivity contribution is -0.124. The smallest absolute Gasteiger partial charge is 0.245 e. The van der Waals surface area contributed by atoms with Crippen molar-refractivity contribution in [3.8, 4) is 11.1 Å². The van der Waals surface area contributed by atoms with Gasteiger partial charge in [0.25, 0.3) is 0 Å². The van der Waals surface area contributed by atoms with E-state index in [2.05, 4.69) is 56.3 Å². The third-order valence-corrected chi connectivity index (χ3v) is 5.90. The highest BCUT2D eigenvalue weighted by Crippen LogP contribution is 2.24. The quantitative estimate of drug-likeness (QED) is 0.360. The van der Waals surface area contributed by atoms with E-state index in [4.69, 9.17) is 0 Å². The summed E-state index contributed by atoms with van der Waals surface area (Å²) in [5.74, 6) is -0.134. The van der Waals surface area contributed by atoms with Gasteiger partial charge in [-0.1, -0.05) is 78.9 Å². The van der Waals surface area contributed by atoms with E-state index in [0.29, 0.717) is 13.0 Å². The van der Waals surface area contributed by atoms with Crippen molar-refractivity contribution in [1.82, 2.24) is 35.3 Å². The van der Waals surface area contributed by atoms with Crippen LogP contribution in [0.5, 0.6) is 0 Å². The number of tetrazole rings is 1. The number of rotatable bonds is 9. The zero-order valence-corrected chi connectivity index (χ0v) is 19.1. The van der Waals surface area contributed by atoms with E-state index in [1.54, 1.807) is 6.20 Å². The number of hydrogen-bond donors (Lipinski definition) is 1. The van der Waals surface area contributed by atoms with Gasteiger partial charge in [-0.15, -0.1) is 5.10 Å². The van der Waals surface area contributed by atoms with Gasteiger partial charge in [0.05, 0.1) is 6.54 Å². The summed E-state index contributed by atoms with van der Waals surface area (Å²) in [5.41, 5.74) is 5.43. The van der Waals surface area contributed by atoms with Gasteiger partial charge in [-0.3, -0.25) is 9.48 Å². The number of nitrogens with zero attached hydrogens (tertiary/aromatic N) is 6. The molecule has 0 aliphatic carbocycles. The van der Waals surface area contributed by atoms with Gasteiger partial charge >= 0.3 is 0 Å². The molecule has 0 aliphatic heterocycles. The van der Waals surface area contributed by atoms with Crippen LogP contribution in [0.15, 0.2) is 104 Å². The van der Waals surface area contributed by atoms with Crippen molar-refractivity contribution in [1.29, 1.82) is 0 Å². The Morgan fingerprint density at radius 3 is 2.43 bits per heavy atom. The van der Waals surface area contributed by atoms with Crippen LogP contribution in [0.1, 0.15) is 22.7 Å². The van der Waals surface area contributed by atoms with Gasteiger partial charge in [0.2, 0.25) is 5.91 Å². The van der Waals surface area contributed by atoms with Crippen LogP contribution in [0, 0.1) is 0 Å². The van der Waals surface area contributed by atoms with Crippen LogP contribution >= 0.6 is 0 Å². The fourth-order valence-electron chi connectivity index (χ4n) is 4.08. The zero-order valence-electron chi connectivity index (χ0n) is 19.1. The number of carbonyl (C=O) groups excluding carboxylic acids is 1. The number of carbonyl (C=O) groups is 1. The van der Waals surface area contributed by atoms with Gasteiger partial charge in [-0.05, 0) is 44.3 Å². The topological polar surface area (TPSA) is 90.5 Å². The summed E-state index contributed by atoms with van der Waals surface area (Å²) >= 11 is 0. The molecule has 0 bridgehead atoms.